The fourth-order valence-electron chi connectivity index (χ4n) is 1.78. The molecule has 1 unspecified atom stereocenters. The third-order valence-electron chi connectivity index (χ3n) is 2.73. The van der Waals surface area contributed by atoms with Crippen LogP contribution in [-0.4, -0.2) is 54.1 Å². The molecule has 1 saturated heterocycles. The second kappa shape index (κ2) is 4.73. The summed E-state index contributed by atoms with van der Waals surface area (Å²) in [6, 6.07) is 0. The highest BCUT2D eigenvalue weighted by Gasteiger charge is 2.45. The molecule has 0 bridgehead atoms. The van der Waals surface area contributed by atoms with Crippen LogP contribution in [0.3, 0.4) is 0 Å². The van der Waals surface area contributed by atoms with Crippen molar-refractivity contribution < 1.29 is 28.2 Å². The van der Waals surface area contributed by atoms with Crippen LogP contribution in [0.1, 0.15) is 12.8 Å². The lowest BCUT2D eigenvalue weighted by Crippen LogP contribution is -2.56. The largest absolute Gasteiger partial charge is 0.479 e. The number of likely N-dealkylation sites (tertiary alicyclic amines) is 1. The first-order chi connectivity index (χ1) is 7.43. The lowest BCUT2D eigenvalue weighted by molar-refractivity contribution is -0.173. The van der Waals surface area contributed by atoms with Gasteiger partial charge in [0.05, 0.1) is 6.54 Å². The molecule has 7 heteroatoms. The molecule has 0 aromatic rings. The SMILES string of the molecule is COC1(C(=O)O)CCCN(C(=O)C(F)F)C1. The van der Waals surface area contributed by atoms with Gasteiger partial charge in [-0.15, -0.1) is 0 Å². The Bertz CT molecular complexity index is 297. The van der Waals surface area contributed by atoms with Gasteiger partial charge in [-0.05, 0) is 12.8 Å². The Balaban J connectivity index is 2.80. The van der Waals surface area contributed by atoms with E-state index in [1.54, 1.807) is 0 Å². The van der Waals surface area contributed by atoms with Crippen LogP contribution >= 0.6 is 0 Å². The first-order valence-electron chi connectivity index (χ1n) is 4.78. The van der Waals surface area contributed by atoms with Gasteiger partial charge in [0.25, 0.3) is 5.91 Å². The van der Waals surface area contributed by atoms with Crippen molar-refractivity contribution in [2.24, 2.45) is 0 Å². The zero-order valence-corrected chi connectivity index (χ0v) is 8.78. The number of alkyl halides is 2. The second-order valence-corrected chi connectivity index (χ2v) is 3.67. The summed E-state index contributed by atoms with van der Waals surface area (Å²) in [7, 11) is 1.20. The van der Waals surface area contributed by atoms with Gasteiger partial charge < -0.3 is 14.7 Å². The van der Waals surface area contributed by atoms with Gasteiger partial charge in [-0.2, -0.15) is 8.78 Å². The zero-order valence-electron chi connectivity index (χ0n) is 8.78. The van der Waals surface area contributed by atoms with Crippen LogP contribution in [0, 0.1) is 0 Å². The minimum Gasteiger partial charge on any atom is -0.479 e. The number of carboxylic acid groups (broad SMARTS) is 1. The smallest absolute Gasteiger partial charge is 0.337 e. The van der Waals surface area contributed by atoms with E-state index in [1.165, 1.54) is 7.11 Å². The van der Waals surface area contributed by atoms with E-state index in [-0.39, 0.29) is 19.5 Å². The summed E-state index contributed by atoms with van der Waals surface area (Å²) in [4.78, 5) is 22.9. The summed E-state index contributed by atoms with van der Waals surface area (Å²) in [5.74, 6) is -2.58. The summed E-state index contributed by atoms with van der Waals surface area (Å²) < 4.78 is 29.2. The van der Waals surface area contributed by atoms with Gasteiger partial charge >= 0.3 is 12.4 Å². The fraction of sp³-hybridized carbons (Fsp3) is 0.778. The van der Waals surface area contributed by atoms with Crippen molar-refractivity contribution in [1.29, 1.82) is 0 Å². The number of carbonyl (C=O) groups is 2. The fourth-order valence-corrected chi connectivity index (χ4v) is 1.78. The predicted molar refractivity (Wildman–Crippen MR) is 49.2 cm³/mol. The second-order valence-electron chi connectivity index (χ2n) is 3.67. The van der Waals surface area contributed by atoms with Gasteiger partial charge in [-0.3, -0.25) is 4.79 Å². The van der Waals surface area contributed by atoms with E-state index < -0.39 is 23.9 Å². The molecule has 92 valence electrons. The predicted octanol–water partition coefficient (Wildman–Crippen LogP) is 0.344. The number of ether oxygens (including phenoxy) is 1. The molecule has 1 aliphatic heterocycles. The molecule has 16 heavy (non-hydrogen) atoms. The summed E-state index contributed by atoms with van der Waals surface area (Å²) in [6.07, 6.45) is -2.56. The van der Waals surface area contributed by atoms with Crippen LogP contribution < -0.4 is 0 Å². The highest BCUT2D eigenvalue weighted by molar-refractivity contribution is 5.82. The number of nitrogens with zero attached hydrogens (tertiary/aromatic N) is 1. The minimum atomic E-state index is -3.11. The average Bonchev–Trinajstić information content (AvgIpc) is 2.27. The molecule has 0 saturated carbocycles. The van der Waals surface area contributed by atoms with Gasteiger partial charge in [0.15, 0.2) is 5.60 Å². The van der Waals surface area contributed by atoms with E-state index in [4.69, 9.17) is 9.84 Å². The molecule has 0 spiro atoms. The van der Waals surface area contributed by atoms with Crippen LogP contribution in [0.5, 0.6) is 0 Å². The van der Waals surface area contributed by atoms with E-state index in [9.17, 15) is 18.4 Å². The molecule has 0 radical (unpaired) electrons. The Morgan fingerprint density at radius 2 is 2.12 bits per heavy atom. The maximum atomic E-state index is 12.2. The highest BCUT2D eigenvalue weighted by atomic mass is 19.3. The third-order valence-corrected chi connectivity index (χ3v) is 2.73. The molecule has 1 fully saturated rings. The number of amides is 1. The highest BCUT2D eigenvalue weighted by Crippen LogP contribution is 2.25. The molecule has 0 aliphatic carbocycles. The maximum Gasteiger partial charge on any atom is 0.337 e. The topological polar surface area (TPSA) is 66.8 Å². The average molecular weight is 237 g/mol. The van der Waals surface area contributed by atoms with E-state index >= 15 is 0 Å². The Morgan fingerprint density at radius 1 is 1.50 bits per heavy atom. The van der Waals surface area contributed by atoms with Crippen molar-refractivity contribution in [2.75, 3.05) is 20.2 Å². The number of piperidine rings is 1. The van der Waals surface area contributed by atoms with Crippen LogP contribution in [-0.2, 0) is 14.3 Å². The van der Waals surface area contributed by atoms with E-state index in [2.05, 4.69) is 0 Å². The Kier molecular flexibility index (Phi) is 3.79. The molecule has 1 atom stereocenters. The molecule has 1 rings (SSSR count). The Morgan fingerprint density at radius 3 is 2.56 bits per heavy atom. The molecule has 0 aromatic heterocycles. The number of carbonyl (C=O) groups excluding carboxylic acids is 1. The first-order valence-corrected chi connectivity index (χ1v) is 4.78. The van der Waals surface area contributed by atoms with E-state index in [0.717, 1.165) is 4.90 Å². The van der Waals surface area contributed by atoms with Gasteiger partial charge in [0.1, 0.15) is 0 Å². The van der Waals surface area contributed by atoms with Crippen molar-refractivity contribution in [2.45, 2.75) is 24.9 Å². The number of hydrogen-bond acceptors (Lipinski definition) is 3. The Labute approximate surface area is 91.0 Å². The van der Waals surface area contributed by atoms with Crippen molar-refractivity contribution in [3.05, 3.63) is 0 Å². The quantitative estimate of drug-likeness (QED) is 0.768. The number of halogens is 2. The molecule has 0 aromatic carbocycles. The van der Waals surface area contributed by atoms with Crippen molar-refractivity contribution in [3.8, 4) is 0 Å². The molecule has 1 aliphatic rings. The molecular weight excluding hydrogens is 224 g/mol. The number of carboxylic acids is 1. The van der Waals surface area contributed by atoms with Crippen LogP contribution in [0.15, 0.2) is 0 Å². The minimum absolute atomic E-state index is 0.140. The van der Waals surface area contributed by atoms with Crippen molar-refractivity contribution in [3.63, 3.8) is 0 Å². The number of aliphatic carboxylic acids is 1. The van der Waals surface area contributed by atoms with Gasteiger partial charge in [-0.1, -0.05) is 0 Å². The molecule has 1 N–H and O–H groups in total. The van der Waals surface area contributed by atoms with Crippen LogP contribution in [0.25, 0.3) is 0 Å². The summed E-state index contributed by atoms with van der Waals surface area (Å²) in [6.45, 7) is -0.191. The van der Waals surface area contributed by atoms with E-state index in [1.807, 2.05) is 0 Å². The van der Waals surface area contributed by atoms with Gasteiger partial charge in [0.2, 0.25) is 0 Å². The van der Waals surface area contributed by atoms with Crippen LogP contribution in [0.2, 0.25) is 0 Å². The summed E-state index contributed by atoms with van der Waals surface area (Å²) >= 11 is 0. The standard InChI is InChI=1S/C9H13F2NO4/c1-16-9(8(14)15)3-2-4-12(5-9)7(13)6(10)11/h6H,2-5H2,1H3,(H,14,15). The lowest BCUT2D eigenvalue weighted by atomic mass is 9.92. The molecule has 1 amide bonds. The number of methoxy groups -OCH3 is 1. The molecular formula is C9H13F2NO4. The van der Waals surface area contributed by atoms with Crippen molar-refractivity contribution >= 4 is 11.9 Å². The first kappa shape index (κ1) is 12.8. The van der Waals surface area contributed by atoms with E-state index in [0.29, 0.717) is 6.42 Å². The van der Waals surface area contributed by atoms with Gasteiger partial charge in [-0.25, -0.2) is 4.79 Å². The summed E-state index contributed by atoms with van der Waals surface area (Å²) in [5.41, 5.74) is -1.55. The Hall–Kier alpha value is -1.24. The van der Waals surface area contributed by atoms with Crippen LogP contribution in [0.4, 0.5) is 8.78 Å². The van der Waals surface area contributed by atoms with Crippen molar-refractivity contribution in [1.82, 2.24) is 4.90 Å². The zero-order chi connectivity index (χ0) is 12.3. The third kappa shape index (κ3) is 2.29. The maximum absolute atomic E-state index is 12.2. The normalized spacial score (nSPS) is 25.9. The molecule has 5 nitrogen and oxygen atoms in total. The number of rotatable bonds is 3. The lowest BCUT2D eigenvalue weighted by Gasteiger charge is -2.38. The van der Waals surface area contributed by atoms with Gasteiger partial charge in [0, 0.05) is 13.7 Å². The summed E-state index contributed by atoms with van der Waals surface area (Å²) in [5, 5.41) is 8.98. The monoisotopic (exact) mass is 237 g/mol. The number of hydrogen-bond donors (Lipinski definition) is 1. The molecule has 1 heterocycles.